The quantitative estimate of drug-likeness (QED) is 0.467. The zero-order valence-electron chi connectivity index (χ0n) is 16.0. The van der Waals surface area contributed by atoms with E-state index in [4.69, 9.17) is 4.74 Å². The van der Waals surface area contributed by atoms with Crippen LogP contribution >= 0.6 is 0 Å². The highest BCUT2D eigenvalue weighted by Gasteiger charge is 2.13. The number of anilines is 1. The molecule has 8 nitrogen and oxygen atoms in total. The lowest BCUT2D eigenvalue weighted by atomic mass is 10.1. The van der Waals surface area contributed by atoms with Gasteiger partial charge in [0.15, 0.2) is 0 Å². The summed E-state index contributed by atoms with van der Waals surface area (Å²) in [7, 11) is 0. The number of urea groups is 1. The molecule has 0 aliphatic rings. The number of benzene rings is 2. The largest absolute Gasteiger partial charge is 0.462 e. The van der Waals surface area contributed by atoms with E-state index in [-0.39, 0.29) is 6.61 Å². The number of amides is 3. The first-order valence-electron chi connectivity index (χ1n) is 8.99. The topological polar surface area (TPSA) is 109 Å². The van der Waals surface area contributed by atoms with Crippen molar-refractivity contribution in [2.24, 2.45) is 0 Å². The van der Waals surface area contributed by atoms with Crippen molar-refractivity contribution in [1.29, 1.82) is 0 Å². The van der Waals surface area contributed by atoms with Gasteiger partial charge in [0.25, 0.3) is 5.91 Å². The Morgan fingerprint density at radius 1 is 1.00 bits per heavy atom. The zero-order valence-corrected chi connectivity index (χ0v) is 16.0. The summed E-state index contributed by atoms with van der Waals surface area (Å²) in [6, 6.07) is 14.5. The average Bonchev–Trinajstić information content (AvgIpc) is 2.72. The molecule has 2 aromatic carbocycles. The predicted octanol–water partition coefficient (Wildman–Crippen LogP) is 3.19. The van der Waals surface area contributed by atoms with E-state index >= 15 is 0 Å². The van der Waals surface area contributed by atoms with E-state index in [1.807, 2.05) is 18.2 Å². The van der Waals surface area contributed by atoms with Crippen molar-refractivity contribution in [2.75, 3.05) is 11.9 Å². The molecule has 3 N–H and O–H groups in total. The second-order valence-corrected chi connectivity index (χ2v) is 6.16. The number of nitrogens with zero attached hydrogens (tertiary/aromatic N) is 1. The number of hydrazine groups is 1. The van der Waals surface area contributed by atoms with Crippen LogP contribution in [0, 0.1) is 6.92 Å². The number of rotatable bonds is 4. The summed E-state index contributed by atoms with van der Waals surface area (Å²) >= 11 is 0. The van der Waals surface area contributed by atoms with Crippen LogP contribution in [0.5, 0.6) is 0 Å². The maximum atomic E-state index is 12.5. The number of carbonyl (C=O) groups excluding carboxylic acids is 3. The number of fused-ring (bicyclic) bond motifs is 1. The van der Waals surface area contributed by atoms with Crippen LogP contribution in [0.1, 0.15) is 33.3 Å². The molecule has 0 aliphatic heterocycles. The van der Waals surface area contributed by atoms with Gasteiger partial charge in [0.2, 0.25) is 0 Å². The number of hydrogen-bond donors (Lipinski definition) is 3. The van der Waals surface area contributed by atoms with Crippen molar-refractivity contribution < 1.29 is 19.1 Å². The maximum absolute atomic E-state index is 12.5. The molecule has 29 heavy (non-hydrogen) atoms. The molecule has 1 aromatic heterocycles. The van der Waals surface area contributed by atoms with Gasteiger partial charge in [-0.3, -0.25) is 15.2 Å². The maximum Gasteiger partial charge on any atom is 0.338 e. The van der Waals surface area contributed by atoms with Crippen LogP contribution in [0.15, 0.2) is 54.6 Å². The predicted molar refractivity (Wildman–Crippen MR) is 108 cm³/mol. The molecule has 0 bridgehead atoms. The molecule has 0 atom stereocenters. The smallest absolute Gasteiger partial charge is 0.338 e. The Bertz CT molecular complexity index is 1060. The fourth-order valence-electron chi connectivity index (χ4n) is 2.74. The van der Waals surface area contributed by atoms with E-state index in [1.165, 1.54) is 12.1 Å². The normalized spacial score (nSPS) is 10.3. The van der Waals surface area contributed by atoms with Gasteiger partial charge < -0.3 is 10.1 Å². The summed E-state index contributed by atoms with van der Waals surface area (Å²) in [6.07, 6.45) is 0. The highest BCUT2D eigenvalue weighted by Crippen LogP contribution is 2.18. The van der Waals surface area contributed by atoms with Crippen LogP contribution in [0.2, 0.25) is 0 Å². The fourth-order valence-corrected chi connectivity index (χ4v) is 2.74. The number of carbonyl (C=O) groups is 3. The Labute approximate surface area is 167 Å². The second kappa shape index (κ2) is 8.83. The first-order chi connectivity index (χ1) is 14.0. The Morgan fingerprint density at radius 3 is 2.45 bits per heavy atom. The molecule has 1 heterocycles. The van der Waals surface area contributed by atoms with Crippen LogP contribution < -0.4 is 16.2 Å². The van der Waals surface area contributed by atoms with Crippen LogP contribution in [-0.4, -0.2) is 29.5 Å². The highest BCUT2D eigenvalue weighted by atomic mass is 16.5. The minimum atomic E-state index is -0.627. The molecular formula is C21H20N4O4. The summed E-state index contributed by atoms with van der Waals surface area (Å²) in [4.78, 5) is 40.6. The summed E-state index contributed by atoms with van der Waals surface area (Å²) in [5, 5.41) is 3.25. The molecule has 3 rings (SSSR count). The average molecular weight is 392 g/mol. The molecule has 8 heteroatoms. The van der Waals surface area contributed by atoms with E-state index in [2.05, 4.69) is 21.2 Å². The van der Waals surface area contributed by atoms with Crippen LogP contribution in [0.4, 0.5) is 10.5 Å². The van der Waals surface area contributed by atoms with Crippen molar-refractivity contribution in [3.8, 4) is 0 Å². The molecule has 0 saturated carbocycles. The van der Waals surface area contributed by atoms with Crippen molar-refractivity contribution in [3.05, 3.63) is 71.4 Å². The number of hydrogen-bond acceptors (Lipinski definition) is 5. The SMILES string of the molecule is CCOC(=O)c1ccc(NC(=O)NNC(=O)c2cc(C)nc3ccccc23)cc1. The highest BCUT2D eigenvalue weighted by molar-refractivity contribution is 6.07. The molecule has 0 saturated heterocycles. The fraction of sp³-hybridized carbons (Fsp3) is 0.143. The Balaban J connectivity index is 1.61. The zero-order chi connectivity index (χ0) is 20.8. The van der Waals surface area contributed by atoms with Gasteiger partial charge in [0.1, 0.15) is 0 Å². The Kier molecular flexibility index (Phi) is 6.03. The lowest BCUT2D eigenvalue weighted by Gasteiger charge is -2.11. The van der Waals surface area contributed by atoms with E-state index in [1.54, 1.807) is 38.1 Å². The minimum Gasteiger partial charge on any atom is -0.462 e. The van der Waals surface area contributed by atoms with E-state index in [0.717, 1.165) is 0 Å². The van der Waals surface area contributed by atoms with Crippen LogP contribution in [-0.2, 0) is 4.74 Å². The van der Waals surface area contributed by atoms with Crippen LogP contribution in [0.25, 0.3) is 10.9 Å². The molecule has 148 valence electrons. The molecule has 3 amide bonds. The third-order valence-corrected chi connectivity index (χ3v) is 4.03. The van der Waals surface area contributed by atoms with E-state index < -0.39 is 17.9 Å². The molecule has 0 fully saturated rings. The monoisotopic (exact) mass is 392 g/mol. The first kappa shape index (κ1) is 19.8. The summed E-state index contributed by atoms with van der Waals surface area (Å²) < 4.78 is 4.90. The van der Waals surface area contributed by atoms with Gasteiger partial charge in [-0.25, -0.2) is 15.0 Å². The van der Waals surface area contributed by atoms with Gasteiger partial charge in [-0.1, -0.05) is 18.2 Å². The number of aromatic nitrogens is 1. The first-order valence-corrected chi connectivity index (χ1v) is 8.99. The van der Waals surface area contributed by atoms with Crippen molar-refractivity contribution in [2.45, 2.75) is 13.8 Å². The lowest BCUT2D eigenvalue weighted by molar-refractivity contribution is 0.0526. The van der Waals surface area contributed by atoms with Crippen molar-refractivity contribution >= 4 is 34.5 Å². The van der Waals surface area contributed by atoms with Gasteiger partial charge in [-0.05, 0) is 50.2 Å². The molecule has 0 spiro atoms. The second-order valence-electron chi connectivity index (χ2n) is 6.16. The number of pyridine rings is 1. The third-order valence-electron chi connectivity index (χ3n) is 4.03. The number of nitrogens with one attached hydrogen (secondary N) is 3. The van der Waals surface area contributed by atoms with Gasteiger partial charge >= 0.3 is 12.0 Å². The number of para-hydroxylation sites is 1. The number of aryl methyl sites for hydroxylation is 1. The summed E-state index contributed by atoms with van der Waals surface area (Å²) in [5.41, 5.74) is 7.33. The van der Waals surface area contributed by atoms with Gasteiger partial charge in [-0.2, -0.15) is 0 Å². The lowest BCUT2D eigenvalue weighted by Crippen LogP contribution is -2.44. The van der Waals surface area contributed by atoms with Crippen molar-refractivity contribution in [1.82, 2.24) is 15.8 Å². The molecule has 0 aliphatic carbocycles. The van der Waals surface area contributed by atoms with Crippen molar-refractivity contribution in [3.63, 3.8) is 0 Å². The van der Waals surface area contributed by atoms with Gasteiger partial charge in [0, 0.05) is 16.8 Å². The Hall–Kier alpha value is -3.94. The van der Waals surface area contributed by atoms with Crippen LogP contribution in [0.3, 0.4) is 0 Å². The van der Waals surface area contributed by atoms with E-state index in [9.17, 15) is 14.4 Å². The third kappa shape index (κ3) is 4.86. The van der Waals surface area contributed by atoms with Gasteiger partial charge in [-0.15, -0.1) is 0 Å². The number of esters is 1. The Morgan fingerprint density at radius 2 is 1.72 bits per heavy atom. The molecule has 0 radical (unpaired) electrons. The summed E-state index contributed by atoms with van der Waals surface area (Å²) in [5.74, 6) is -0.893. The van der Waals surface area contributed by atoms with Gasteiger partial charge in [0.05, 0.1) is 23.3 Å². The molecular weight excluding hydrogens is 372 g/mol. The number of ether oxygens (including phenoxy) is 1. The standard InChI is InChI=1S/C21H20N4O4/c1-3-29-20(27)14-8-10-15(11-9-14)23-21(28)25-24-19(26)17-12-13(2)22-18-7-5-4-6-16(17)18/h4-12H,3H2,1-2H3,(H,24,26)(H2,23,25,28). The molecule has 3 aromatic rings. The molecule has 0 unspecified atom stereocenters. The summed E-state index contributed by atoms with van der Waals surface area (Å²) in [6.45, 7) is 3.80. The van der Waals surface area contributed by atoms with E-state index in [0.29, 0.717) is 33.4 Å². The minimum absolute atomic E-state index is 0.285.